The van der Waals surface area contributed by atoms with E-state index in [1.807, 2.05) is 61.6 Å². The number of likely N-dealkylation sites (N-methyl/N-ethyl adjacent to an activating group) is 1. The van der Waals surface area contributed by atoms with Gasteiger partial charge in [-0.05, 0) is 43.4 Å². The largest absolute Gasteiger partial charge is 0.469 e. The number of carbonyl (C=O) groups is 1. The zero-order valence-corrected chi connectivity index (χ0v) is 19.4. The van der Waals surface area contributed by atoms with Gasteiger partial charge in [-0.15, -0.1) is 0 Å². The summed E-state index contributed by atoms with van der Waals surface area (Å²) in [5.74, 6) is 0.510. The number of nitrogens with zero attached hydrogens (tertiary/aromatic N) is 2. The second-order valence-corrected chi connectivity index (χ2v) is 9.31. The molecule has 0 bridgehead atoms. The number of aliphatic hydroxyl groups is 1. The van der Waals surface area contributed by atoms with Crippen LogP contribution in [0.2, 0.25) is 0 Å². The Labute approximate surface area is 200 Å². The molecule has 1 aliphatic carbocycles. The highest BCUT2D eigenvalue weighted by Crippen LogP contribution is 2.40. The molecule has 0 saturated heterocycles. The number of hydrogen-bond acceptors (Lipinski definition) is 5. The number of benzene rings is 2. The first-order chi connectivity index (χ1) is 16.6. The number of carbonyl (C=O) groups excluding carboxylic acids is 1. The van der Waals surface area contributed by atoms with Crippen LogP contribution in [0.25, 0.3) is 0 Å². The molecule has 6 nitrogen and oxygen atoms in total. The summed E-state index contributed by atoms with van der Waals surface area (Å²) in [6.07, 6.45) is 3.57. The van der Waals surface area contributed by atoms with E-state index in [1.165, 1.54) is 0 Å². The molecule has 2 aliphatic rings. The molecule has 6 heteroatoms. The number of benzodiazepines with no additional fused rings is 1. The van der Waals surface area contributed by atoms with E-state index >= 15 is 0 Å². The van der Waals surface area contributed by atoms with Crippen molar-refractivity contribution in [3.8, 4) is 0 Å². The van der Waals surface area contributed by atoms with Gasteiger partial charge in [-0.2, -0.15) is 0 Å². The Kier molecular flexibility index (Phi) is 6.50. The van der Waals surface area contributed by atoms with Gasteiger partial charge in [-0.25, -0.2) is 0 Å². The van der Waals surface area contributed by atoms with Crippen molar-refractivity contribution in [3.05, 3.63) is 89.9 Å². The predicted molar refractivity (Wildman–Crippen MR) is 133 cm³/mol. The smallest absolute Gasteiger partial charge is 0.227 e. The maximum absolute atomic E-state index is 13.4. The molecule has 1 fully saturated rings. The molecule has 3 atom stereocenters. The first-order valence-electron chi connectivity index (χ1n) is 12.0. The van der Waals surface area contributed by atoms with Crippen molar-refractivity contribution in [1.82, 2.24) is 5.32 Å². The molecular formula is C28H31N3O3. The van der Waals surface area contributed by atoms with Gasteiger partial charge in [-0.3, -0.25) is 9.79 Å². The van der Waals surface area contributed by atoms with Gasteiger partial charge in [0.1, 0.15) is 11.9 Å². The molecule has 0 radical (unpaired) electrons. The SMILES string of the molecule is CN1C[C@@H](NC(=O)C(C(O)CCc2ccco2)C2CC2)N=C(c2ccccc2)c2ccccc21. The van der Waals surface area contributed by atoms with Gasteiger partial charge in [0.2, 0.25) is 5.91 Å². The number of aryl methyl sites for hydroxylation is 1. The second kappa shape index (κ2) is 9.85. The number of nitrogens with one attached hydrogen (secondary N) is 1. The number of hydrogen-bond donors (Lipinski definition) is 2. The summed E-state index contributed by atoms with van der Waals surface area (Å²) in [5, 5.41) is 14.1. The van der Waals surface area contributed by atoms with Crippen LogP contribution < -0.4 is 10.2 Å². The summed E-state index contributed by atoms with van der Waals surface area (Å²) in [6.45, 7) is 0.555. The maximum Gasteiger partial charge on any atom is 0.227 e. The van der Waals surface area contributed by atoms with Crippen LogP contribution in [0.1, 0.15) is 36.1 Å². The summed E-state index contributed by atoms with van der Waals surface area (Å²) in [4.78, 5) is 20.6. The van der Waals surface area contributed by atoms with Gasteiger partial charge in [-0.1, -0.05) is 48.5 Å². The third kappa shape index (κ3) is 4.92. The third-order valence-electron chi connectivity index (χ3n) is 6.77. The van der Waals surface area contributed by atoms with Gasteiger partial charge in [0.15, 0.2) is 0 Å². The summed E-state index contributed by atoms with van der Waals surface area (Å²) < 4.78 is 5.40. The Morgan fingerprint density at radius 3 is 2.62 bits per heavy atom. The Hall–Kier alpha value is -3.38. The molecule has 34 heavy (non-hydrogen) atoms. The maximum atomic E-state index is 13.4. The number of amides is 1. The highest BCUT2D eigenvalue weighted by atomic mass is 16.3. The summed E-state index contributed by atoms with van der Waals surface area (Å²) in [6, 6.07) is 22.0. The first-order valence-corrected chi connectivity index (χ1v) is 12.0. The van der Waals surface area contributed by atoms with Crippen LogP contribution in [-0.2, 0) is 11.2 Å². The van der Waals surface area contributed by atoms with E-state index in [0.29, 0.717) is 19.4 Å². The molecule has 2 N–H and O–H groups in total. The lowest BCUT2D eigenvalue weighted by Crippen LogP contribution is -2.47. The van der Waals surface area contributed by atoms with E-state index < -0.39 is 18.2 Å². The van der Waals surface area contributed by atoms with Crippen molar-refractivity contribution < 1.29 is 14.3 Å². The van der Waals surface area contributed by atoms with Crippen molar-refractivity contribution in [2.75, 3.05) is 18.5 Å². The fraction of sp³-hybridized carbons (Fsp3) is 0.357. The normalized spacial score (nSPS) is 19.5. The van der Waals surface area contributed by atoms with Crippen molar-refractivity contribution in [2.45, 2.75) is 38.0 Å². The van der Waals surface area contributed by atoms with Crippen LogP contribution in [-0.4, -0.2) is 42.6 Å². The van der Waals surface area contributed by atoms with E-state index in [0.717, 1.165) is 41.1 Å². The van der Waals surface area contributed by atoms with E-state index in [4.69, 9.17) is 9.41 Å². The quantitative estimate of drug-likeness (QED) is 0.535. The van der Waals surface area contributed by atoms with Gasteiger partial charge < -0.3 is 19.7 Å². The van der Waals surface area contributed by atoms with E-state index in [-0.39, 0.29) is 11.8 Å². The number of aliphatic hydroxyl groups excluding tert-OH is 1. The third-order valence-corrected chi connectivity index (χ3v) is 6.77. The van der Waals surface area contributed by atoms with E-state index in [2.05, 4.69) is 22.3 Å². The molecular weight excluding hydrogens is 426 g/mol. The molecule has 176 valence electrons. The number of furan rings is 1. The Morgan fingerprint density at radius 1 is 1.12 bits per heavy atom. The van der Waals surface area contributed by atoms with Crippen molar-refractivity contribution in [3.63, 3.8) is 0 Å². The van der Waals surface area contributed by atoms with Crippen molar-refractivity contribution in [1.29, 1.82) is 0 Å². The molecule has 2 unspecified atom stereocenters. The van der Waals surface area contributed by atoms with Crippen LogP contribution in [0.3, 0.4) is 0 Å². The number of anilines is 1. The molecule has 1 saturated carbocycles. The molecule has 2 aromatic carbocycles. The fourth-order valence-electron chi connectivity index (χ4n) is 4.88. The Bertz CT molecular complexity index is 1140. The standard InChI is InChI=1S/C28H31N3O3/c1-31-18-25(29-27(20-8-3-2-4-9-20)22-11-5-6-12-23(22)31)30-28(33)26(19-13-14-19)24(32)16-15-21-10-7-17-34-21/h2-12,17,19,24-26,32H,13-16,18H2,1H3,(H,30,33)/t24?,25-,26?/m1/s1. The van der Waals surface area contributed by atoms with Gasteiger partial charge in [0.25, 0.3) is 0 Å². The molecule has 1 amide bonds. The predicted octanol–water partition coefficient (Wildman–Crippen LogP) is 4.03. The van der Waals surface area contributed by atoms with Crippen LogP contribution in [0, 0.1) is 11.8 Å². The van der Waals surface area contributed by atoms with Crippen LogP contribution in [0.15, 0.2) is 82.4 Å². The van der Waals surface area contributed by atoms with Crippen LogP contribution in [0.4, 0.5) is 5.69 Å². The minimum Gasteiger partial charge on any atom is -0.469 e. The van der Waals surface area contributed by atoms with E-state index in [9.17, 15) is 9.90 Å². The molecule has 1 aromatic heterocycles. The topological polar surface area (TPSA) is 78.1 Å². The lowest BCUT2D eigenvalue weighted by molar-refractivity contribution is -0.130. The zero-order valence-electron chi connectivity index (χ0n) is 19.4. The van der Waals surface area contributed by atoms with Gasteiger partial charge in [0, 0.05) is 30.3 Å². The highest BCUT2D eigenvalue weighted by molar-refractivity contribution is 6.16. The lowest BCUT2D eigenvalue weighted by Gasteiger charge is -2.26. The average Bonchev–Trinajstić information content (AvgIpc) is 3.56. The highest BCUT2D eigenvalue weighted by Gasteiger charge is 2.41. The minimum absolute atomic E-state index is 0.116. The number of fused-ring (bicyclic) bond motifs is 1. The van der Waals surface area contributed by atoms with Crippen LogP contribution in [0.5, 0.6) is 0 Å². The number of rotatable bonds is 8. The molecule has 2 heterocycles. The Balaban J connectivity index is 1.37. The molecule has 0 spiro atoms. The summed E-state index contributed by atoms with van der Waals surface area (Å²) >= 11 is 0. The van der Waals surface area contributed by atoms with Crippen molar-refractivity contribution >= 4 is 17.3 Å². The zero-order chi connectivity index (χ0) is 23.5. The van der Waals surface area contributed by atoms with Gasteiger partial charge >= 0.3 is 0 Å². The Morgan fingerprint density at radius 2 is 1.88 bits per heavy atom. The lowest BCUT2D eigenvalue weighted by atomic mass is 9.92. The average molecular weight is 458 g/mol. The molecule has 5 rings (SSSR count). The second-order valence-electron chi connectivity index (χ2n) is 9.31. The van der Waals surface area contributed by atoms with Crippen molar-refractivity contribution in [2.24, 2.45) is 16.8 Å². The summed E-state index contributed by atoms with van der Waals surface area (Å²) in [5.41, 5.74) is 4.01. The fourth-order valence-corrected chi connectivity index (χ4v) is 4.88. The molecule has 1 aliphatic heterocycles. The van der Waals surface area contributed by atoms with E-state index in [1.54, 1.807) is 6.26 Å². The first kappa shape index (κ1) is 22.4. The minimum atomic E-state index is -0.712. The monoisotopic (exact) mass is 457 g/mol. The number of aliphatic imine (C=N–C) groups is 1. The van der Waals surface area contributed by atoms with Gasteiger partial charge in [0.05, 0.1) is 30.5 Å². The number of para-hydroxylation sites is 1. The molecule has 3 aromatic rings. The van der Waals surface area contributed by atoms with Crippen LogP contribution >= 0.6 is 0 Å². The summed E-state index contributed by atoms with van der Waals surface area (Å²) in [7, 11) is 2.03.